The summed E-state index contributed by atoms with van der Waals surface area (Å²) in [7, 11) is 1.56. The van der Waals surface area contributed by atoms with E-state index in [-0.39, 0.29) is 12.5 Å². The first kappa shape index (κ1) is 18.8. The van der Waals surface area contributed by atoms with Gasteiger partial charge in [-0.2, -0.15) is 0 Å². The molecule has 0 aromatic carbocycles. The molecule has 8 heteroatoms. The Kier molecular flexibility index (Phi) is 14.9. The monoisotopic (exact) mass is 292 g/mol. The molecule has 20 heavy (non-hydrogen) atoms. The molecule has 0 radical (unpaired) electrons. The molecule has 0 heterocycles. The lowest BCUT2D eigenvalue weighted by molar-refractivity contribution is -0.125. The summed E-state index contributed by atoms with van der Waals surface area (Å²) in [5.74, 6) is -0.156. The van der Waals surface area contributed by atoms with Crippen LogP contribution in [0.25, 0.3) is 0 Å². The highest BCUT2D eigenvalue weighted by molar-refractivity contribution is 5.76. The van der Waals surface area contributed by atoms with Crippen LogP contribution in [0, 0.1) is 0 Å². The zero-order valence-electron chi connectivity index (χ0n) is 11.9. The van der Waals surface area contributed by atoms with E-state index in [9.17, 15) is 9.59 Å². The largest absolute Gasteiger partial charge is 0.377 e. The number of carbonyl (C=O) groups excluding carboxylic acids is 2. The number of amides is 2. The van der Waals surface area contributed by atoms with Crippen molar-refractivity contribution in [3.63, 3.8) is 0 Å². The van der Waals surface area contributed by atoms with E-state index in [0.29, 0.717) is 59.2 Å². The highest BCUT2D eigenvalue weighted by atomic mass is 16.6. The average molecular weight is 292 g/mol. The van der Waals surface area contributed by atoms with Crippen molar-refractivity contribution in [2.45, 2.75) is 0 Å². The van der Waals surface area contributed by atoms with Crippen LogP contribution in [0.3, 0.4) is 0 Å². The molecule has 0 saturated heterocycles. The zero-order valence-corrected chi connectivity index (χ0v) is 11.9. The van der Waals surface area contributed by atoms with Crippen molar-refractivity contribution in [1.29, 1.82) is 0 Å². The van der Waals surface area contributed by atoms with Gasteiger partial charge in [-0.15, -0.1) is 0 Å². The van der Waals surface area contributed by atoms with Crippen molar-refractivity contribution >= 4 is 12.3 Å². The molecule has 0 rings (SSSR count). The molecular weight excluding hydrogens is 268 g/mol. The fraction of sp³-hybridized carbons (Fsp3) is 0.833. The predicted molar refractivity (Wildman–Crippen MR) is 71.4 cm³/mol. The van der Waals surface area contributed by atoms with E-state index in [1.54, 1.807) is 7.05 Å². The molecule has 118 valence electrons. The van der Waals surface area contributed by atoms with Gasteiger partial charge in [0.1, 0.15) is 6.61 Å². The summed E-state index contributed by atoms with van der Waals surface area (Å²) in [5, 5.41) is 4.95. The summed E-state index contributed by atoms with van der Waals surface area (Å²) in [5.41, 5.74) is 0. The summed E-state index contributed by atoms with van der Waals surface area (Å²) in [6.45, 7) is 3.74. The Labute approximate surface area is 119 Å². The second-order valence-corrected chi connectivity index (χ2v) is 3.63. The van der Waals surface area contributed by atoms with Gasteiger partial charge in [0, 0.05) is 13.6 Å². The first-order chi connectivity index (χ1) is 9.81. The molecule has 0 aliphatic heterocycles. The van der Waals surface area contributed by atoms with Crippen molar-refractivity contribution in [3.05, 3.63) is 0 Å². The number of hydrogen-bond donors (Lipinski definition) is 2. The van der Waals surface area contributed by atoms with Crippen LogP contribution in [0.4, 0.5) is 0 Å². The molecule has 0 saturated carbocycles. The van der Waals surface area contributed by atoms with Crippen LogP contribution < -0.4 is 10.6 Å². The predicted octanol–water partition coefficient (Wildman–Crippen LogP) is -1.46. The van der Waals surface area contributed by atoms with Crippen molar-refractivity contribution < 1.29 is 28.5 Å². The SMILES string of the molecule is CNC(=O)COCCOCCOCCOCCNC=O. The molecule has 0 atom stereocenters. The average Bonchev–Trinajstić information content (AvgIpc) is 2.47. The van der Waals surface area contributed by atoms with Gasteiger partial charge in [0.25, 0.3) is 0 Å². The van der Waals surface area contributed by atoms with Gasteiger partial charge in [-0.1, -0.05) is 0 Å². The van der Waals surface area contributed by atoms with Gasteiger partial charge in [-0.3, -0.25) is 9.59 Å². The quantitative estimate of drug-likeness (QED) is 0.283. The fourth-order valence-electron chi connectivity index (χ4n) is 1.09. The smallest absolute Gasteiger partial charge is 0.245 e. The Bertz CT molecular complexity index is 240. The molecule has 0 spiro atoms. The third kappa shape index (κ3) is 14.8. The Hall–Kier alpha value is -1.22. The van der Waals surface area contributed by atoms with Gasteiger partial charge in [-0.25, -0.2) is 0 Å². The van der Waals surface area contributed by atoms with E-state index < -0.39 is 0 Å². The van der Waals surface area contributed by atoms with Crippen LogP contribution in [-0.2, 0) is 28.5 Å². The normalized spacial score (nSPS) is 10.2. The lowest BCUT2D eigenvalue weighted by Gasteiger charge is -2.07. The Morgan fingerprint density at radius 2 is 1.40 bits per heavy atom. The molecule has 8 nitrogen and oxygen atoms in total. The topological polar surface area (TPSA) is 95.1 Å². The van der Waals surface area contributed by atoms with Crippen LogP contribution in [0.1, 0.15) is 0 Å². The van der Waals surface area contributed by atoms with Crippen LogP contribution in [0.15, 0.2) is 0 Å². The van der Waals surface area contributed by atoms with Gasteiger partial charge >= 0.3 is 0 Å². The summed E-state index contributed by atoms with van der Waals surface area (Å²) in [4.78, 5) is 20.7. The highest BCUT2D eigenvalue weighted by Gasteiger charge is 1.96. The fourth-order valence-corrected chi connectivity index (χ4v) is 1.09. The van der Waals surface area contributed by atoms with Crippen molar-refractivity contribution in [2.75, 3.05) is 66.4 Å². The minimum atomic E-state index is -0.156. The van der Waals surface area contributed by atoms with Gasteiger partial charge in [0.05, 0.1) is 46.2 Å². The minimum Gasteiger partial charge on any atom is -0.377 e. The zero-order chi connectivity index (χ0) is 14.9. The van der Waals surface area contributed by atoms with E-state index in [0.717, 1.165) is 0 Å². The number of ether oxygens (including phenoxy) is 4. The lowest BCUT2D eigenvalue weighted by atomic mass is 10.6. The van der Waals surface area contributed by atoms with Crippen molar-refractivity contribution in [2.24, 2.45) is 0 Å². The van der Waals surface area contributed by atoms with E-state index in [1.807, 2.05) is 0 Å². The summed E-state index contributed by atoms with van der Waals surface area (Å²) >= 11 is 0. The van der Waals surface area contributed by atoms with Crippen LogP contribution >= 0.6 is 0 Å². The number of nitrogens with one attached hydrogen (secondary N) is 2. The molecule has 2 N–H and O–H groups in total. The van der Waals surface area contributed by atoms with Crippen molar-refractivity contribution in [1.82, 2.24) is 10.6 Å². The maximum absolute atomic E-state index is 10.8. The molecule has 0 aliphatic rings. The van der Waals surface area contributed by atoms with E-state index in [1.165, 1.54) is 0 Å². The second-order valence-electron chi connectivity index (χ2n) is 3.63. The third-order valence-electron chi connectivity index (χ3n) is 2.10. The van der Waals surface area contributed by atoms with Gasteiger partial charge in [-0.05, 0) is 0 Å². The first-order valence-corrected chi connectivity index (χ1v) is 6.50. The van der Waals surface area contributed by atoms with E-state index in [2.05, 4.69) is 10.6 Å². The Morgan fingerprint density at radius 3 is 1.90 bits per heavy atom. The third-order valence-corrected chi connectivity index (χ3v) is 2.10. The molecule has 2 amide bonds. The molecule has 0 bridgehead atoms. The molecule has 0 aliphatic carbocycles. The number of likely N-dealkylation sites (N-methyl/N-ethyl adjacent to an activating group) is 1. The molecule has 0 fully saturated rings. The Morgan fingerprint density at radius 1 is 0.900 bits per heavy atom. The maximum Gasteiger partial charge on any atom is 0.245 e. The van der Waals surface area contributed by atoms with Gasteiger partial charge in [0.15, 0.2) is 0 Å². The molecular formula is C12H24N2O6. The number of rotatable bonds is 15. The number of carbonyl (C=O) groups is 2. The highest BCUT2D eigenvalue weighted by Crippen LogP contribution is 1.82. The summed E-state index contributed by atoms with van der Waals surface area (Å²) in [6, 6.07) is 0. The summed E-state index contributed by atoms with van der Waals surface area (Å²) < 4.78 is 20.7. The van der Waals surface area contributed by atoms with Crippen LogP contribution in [-0.4, -0.2) is 78.8 Å². The maximum atomic E-state index is 10.8. The van der Waals surface area contributed by atoms with Gasteiger partial charge in [0.2, 0.25) is 12.3 Å². The molecule has 0 aromatic heterocycles. The van der Waals surface area contributed by atoms with Crippen molar-refractivity contribution in [3.8, 4) is 0 Å². The van der Waals surface area contributed by atoms with E-state index >= 15 is 0 Å². The van der Waals surface area contributed by atoms with Gasteiger partial charge < -0.3 is 29.6 Å². The standard InChI is InChI=1S/C12H24N2O6/c1-13-12(16)10-20-9-8-19-7-6-18-5-4-17-3-2-14-11-15/h11H,2-10H2,1H3,(H,13,16)(H,14,15). The number of hydrogen-bond acceptors (Lipinski definition) is 6. The minimum absolute atomic E-state index is 0.0483. The molecule has 0 unspecified atom stereocenters. The van der Waals surface area contributed by atoms with E-state index in [4.69, 9.17) is 18.9 Å². The van der Waals surface area contributed by atoms with Crippen LogP contribution in [0.2, 0.25) is 0 Å². The first-order valence-electron chi connectivity index (χ1n) is 6.50. The van der Waals surface area contributed by atoms with Crippen LogP contribution in [0.5, 0.6) is 0 Å². The Balaban J connectivity index is 2.99. The molecule has 0 aromatic rings. The lowest BCUT2D eigenvalue weighted by Crippen LogP contribution is -2.24. The summed E-state index contributed by atoms with van der Waals surface area (Å²) in [6.07, 6.45) is 0.635. The second kappa shape index (κ2) is 15.8.